The number of hydrogen-bond donors (Lipinski definition) is 3. The summed E-state index contributed by atoms with van der Waals surface area (Å²) in [6.45, 7) is 1.46. The maximum absolute atomic E-state index is 11.1. The van der Waals surface area contributed by atoms with Crippen molar-refractivity contribution in [2.45, 2.75) is 13.0 Å². The van der Waals surface area contributed by atoms with Crippen LogP contribution in [-0.2, 0) is 6.54 Å². The van der Waals surface area contributed by atoms with Gasteiger partial charge >= 0.3 is 5.97 Å². The molecule has 4 N–H and O–H groups in total. The van der Waals surface area contributed by atoms with Crippen molar-refractivity contribution in [3.8, 4) is 0 Å². The van der Waals surface area contributed by atoms with Crippen LogP contribution in [0.25, 0.3) is 0 Å². The van der Waals surface area contributed by atoms with Crippen LogP contribution < -0.4 is 11.1 Å². The summed E-state index contributed by atoms with van der Waals surface area (Å²) in [5.74, 6) is -0.826. The van der Waals surface area contributed by atoms with Crippen molar-refractivity contribution >= 4 is 17.5 Å². The molecule has 2 aromatic rings. The lowest BCUT2D eigenvalue weighted by molar-refractivity contribution is 0.0698. The molecule has 0 atom stereocenters. The third-order valence-electron chi connectivity index (χ3n) is 2.62. The largest absolute Gasteiger partial charge is 0.478 e. The van der Waals surface area contributed by atoms with E-state index in [0.717, 1.165) is 13.0 Å². The first kappa shape index (κ1) is 12.9. The summed E-state index contributed by atoms with van der Waals surface area (Å²) in [6, 6.07) is 1.35. The number of aromatic carboxylic acids is 1. The van der Waals surface area contributed by atoms with Crippen molar-refractivity contribution in [3.05, 3.63) is 36.5 Å². The first-order valence-corrected chi connectivity index (χ1v) is 5.85. The Balaban J connectivity index is 1.90. The van der Waals surface area contributed by atoms with E-state index in [1.165, 1.54) is 12.3 Å². The molecule has 0 aliphatic heterocycles. The molecule has 0 unspecified atom stereocenters. The van der Waals surface area contributed by atoms with Gasteiger partial charge in [0.25, 0.3) is 0 Å². The second kappa shape index (κ2) is 5.85. The van der Waals surface area contributed by atoms with E-state index in [2.05, 4.69) is 15.3 Å². The number of imidazole rings is 1. The Morgan fingerprint density at radius 2 is 2.37 bits per heavy atom. The highest BCUT2D eigenvalue weighted by molar-refractivity contribution is 5.94. The number of nitrogens with one attached hydrogen (secondary N) is 1. The van der Waals surface area contributed by atoms with Crippen LogP contribution in [0.4, 0.5) is 11.5 Å². The minimum atomic E-state index is -1.02. The molecule has 0 fully saturated rings. The van der Waals surface area contributed by atoms with Crippen molar-refractivity contribution in [2.24, 2.45) is 0 Å². The number of nitrogens with two attached hydrogens (primary N) is 1. The standard InChI is InChI=1S/C12H15N5O2/c13-11-6-9(12(18)19)10(7-16-11)15-2-1-4-17-5-3-14-8-17/h3,5-8,15H,1-2,4H2,(H2,13,16)(H,18,19). The normalized spacial score (nSPS) is 10.3. The molecule has 2 heterocycles. The van der Waals surface area contributed by atoms with Gasteiger partial charge < -0.3 is 20.7 Å². The van der Waals surface area contributed by atoms with Gasteiger partial charge in [-0.15, -0.1) is 0 Å². The lowest BCUT2D eigenvalue weighted by Gasteiger charge is -2.09. The molecular formula is C12H15N5O2. The fourth-order valence-corrected chi connectivity index (χ4v) is 1.69. The molecule has 2 aromatic heterocycles. The SMILES string of the molecule is Nc1cc(C(=O)O)c(NCCCn2ccnc2)cn1. The number of nitrogens with zero attached hydrogens (tertiary/aromatic N) is 3. The summed E-state index contributed by atoms with van der Waals surface area (Å²) >= 11 is 0. The number of pyridine rings is 1. The Kier molecular flexibility index (Phi) is 3.97. The Morgan fingerprint density at radius 1 is 1.53 bits per heavy atom. The van der Waals surface area contributed by atoms with Gasteiger partial charge in [0.05, 0.1) is 23.8 Å². The zero-order chi connectivity index (χ0) is 13.7. The van der Waals surface area contributed by atoms with E-state index in [4.69, 9.17) is 10.8 Å². The molecule has 100 valence electrons. The summed E-state index contributed by atoms with van der Waals surface area (Å²) in [5.41, 5.74) is 6.09. The minimum absolute atomic E-state index is 0.134. The van der Waals surface area contributed by atoms with E-state index in [-0.39, 0.29) is 11.4 Å². The third-order valence-corrected chi connectivity index (χ3v) is 2.62. The maximum Gasteiger partial charge on any atom is 0.337 e. The van der Waals surface area contributed by atoms with E-state index >= 15 is 0 Å². The predicted octanol–water partition coefficient (Wildman–Crippen LogP) is 1.06. The fraction of sp³-hybridized carbons (Fsp3) is 0.250. The summed E-state index contributed by atoms with van der Waals surface area (Å²) in [5, 5.41) is 12.1. The quantitative estimate of drug-likeness (QED) is 0.671. The number of carboxylic acid groups (broad SMARTS) is 1. The van der Waals surface area contributed by atoms with Gasteiger partial charge in [-0.25, -0.2) is 14.8 Å². The highest BCUT2D eigenvalue weighted by atomic mass is 16.4. The number of anilines is 2. The topological polar surface area (TPSA) is 106 Å². The molecule has 0 bridgehead atoms. The summed E-state index contributed by atoms with van der Waals surface area (Å²) in [7, 11) is 0. The minimum Gasteiger partial charge on any atom is -0.478 e. The fourth-order valence-electron chi connectivity index (χ4n) is 1.69. The predicted molar refractivity (Wildman–Crippen MR) is 70.9 cm³/mol. The molecular weight excluding hydrogens is 246 g/mol. The van der Waals surface area contributed by atoms with E-state index < -0.39 is 5.97 Å². The summed E-state index contributed by atoms with van der Waals surface area (Å²) < 4.78 is 1.96. The van der Waals surface area contributed by atoms with Crippen LogP contribution in [0.15, 0.2) is 31.0 Å². The van der Waals surface area contributed by atoms with Crippen LogP contribution >= 0.6 is 0 Å². The Bertz CT molecular complexity index is 553. The first-order valence-electron chi connectivity index (χ1n) is 5.85. The Hall–Kier alpha value is -2.57. The maximum atomic E-state index is 11.1. The Morgan fingerprint density at radius 3 is 3.05 bits per heavy atom. The molecule has 0 saturated heterocycles. The number of aryl methyl sites for hydroxylation is 1. The lowest BCUT2D eigenvalue weighted by atomic mass is 10.2. The van der Waals surface area contributed by atoms with E-state index in [1.54, 1.807) is 12.5 Å². The van der Waals surface area contributed by atoms with Gasteiger partial charge in [0, 0.05) is 25.5 Å². The average Bonchev–Trinajstić information content (AvgIpc) is 2.89. The number of carboxylic acids is 1. The van der Waals surface area contributed by atoms with Gasteiger partial charge in [-0.05, 0) is 12.5 Å². The molecule has 2 rings (SSSR count). The molecule has 0 aliphatic rings. The van der Waals surface area contributed by atoms with Crippen LogP contribution in [0, 0.1) is 0 Å². The van der Waals surface area contributed by atoms with E-state index in [9.17, 15) is 4.79 Å². The Labute approximate surface area is 110 Å². The highest BCUT2D eigenvalue weighted by Gasteiger charge is 2.10. The highest BCUT2D eigenvalue weighted by Crippen LogP contribution is 2.16. The molecule has 7 heteroatoms. The van der Waals surface area contributed by atoms with Crippen LogP contribution in [-0.4, -0.2) is 32.2 Å². The molecule has 19 heavy (non-hydrogen) atoms. The zero-order valence-electron chi connectivity index (χ0n) is 10.3. The number of rotatable bonds is 6. The zero-order valence-corrected chi connectivity index (χ0v) is 10.3. The number of carbonyl (C=O) groups is 1. The van der Waals surface area contributed by atoms with Gasteiger partial charge in [-0.3, -0.25) is 0 Å². The number of nitrogen functional groups attached to an aromatic ring is 1. The smallest absolute Gasteiger partial charge is 0.337 e. The van der Waals surface area contributed by atoms with Gasteiger partial charge in [-0.2, -0.15) is 0 Å². The average molecular weight is 261 g/mol. The second-order valence-corrected chi connectivity index (χ2v) is 4.04. The first-order chi connectivity index (χ1) is 9.16. The van der Waals surface area contributed by atoms with Crippen LogP contribution in [0.1, 0.15) is 16.8 Å². The van der Waals surface area contributed by atoms with Crippen molar-refractivity contribution < 1.29 is 9.90 Å². The number of aromatic nitrogens is 3. The summed E-state index contributed by atoms with van der Waals surface area (Å²) in [4.78, 5) is 18.9. The monoisotopic (exact) mass is 261 g/mol. The van der Waals surface area contributed by atoms with E-state index in [0.29, 0.717) is 12.2 Å². The van der Waals surface area contributed by atoms with Crippen molar-refractivity contribution in [2.75, 3.05) is 17.6 Å². The van der Waals surface area contributed by atoms with Crippen LogP contribution in [0.5, 0.6) is 0 Å². The molecule has 0 saturated carbocycles. The molecule has 0 amide bonds. The van der Waals surface area contributed by atoms with Gasteiger partial charge in [0.2, 0.25) is 0 Å². The second-order valence-electron chi connectivity index (χ2n) is 4.04. The number of hydrogen-bond acceptors (Lipinski definition) is 5. The van der Waals surface area contributed by atoms with Crippen molar-refractivity contribution in [1.29, 1.82) is 0 Å². The van der Waals surface area contributed by atoms with Crippen LogP contribution in [0.3, 0.4) is 0 Å². The molecule has 0 aromatic carbocycles. The van der Waals surface area contributed by atoms with Gasteiger partial charge in [0.15, 0.2) is 0 Å². The third kappa shape index (κ3) is 3.44. The lowest BCUT2D eigenvalue weighted by Crippen LogP contribution is -2.10. The van der Waals surface area contributed by atoms with Gasteiger partial charge in [0.1, 0.15) is 5.82 Å². The van der Waals surface area contributed by atoms with E-state index in [1.807, 2.05) is 10.8 Å². The summed E-state index contributed by atoms with van der Waals surface area (Å²) in [6.07, 6.45) is 7.64. The molecule has 0 aliphatic carbocycles. The van der Waals surface area contributed by atoms with Crippen molar-refractivity contribution in [3.63, 3.8) is 0 Å². The molecule has 7 nitrogen and oxygen atoms in total. The molecule has 0 radical (unpaired) electrons. The van der Waals surface area contributed by atoms with Crippen LogP contribution in [0.2, 0.25) is 0 Å². The van der Waals surface area contributed by atoms with Crippen molar-refractivity contribution in [1.82, 2.24) is 14.5 Å². The van der Waals surface area contributed by atoms with Gasteiger partial charge in [-0.1, -0.05) is 0 Å². The molecule has 0 spiro atoms.